The molecule has 0 N–H and O–H groups in total. The maximum Gasteiger partial charge on any atom is 0.249 e. The SMILES string of the molecule is Cc1c(C)n2c3c(cccc13)B1c3ccc(-c4cc5ccccc5c5ccccc45)cc3Sc3cccc-2c31. The van der Waals surface area contributed by atoms with Gasteiger partial charge >= 0.3 is 0 Å². The minimum absolute atomic E-state index is 0.250. The zero-order valence-electron chi connectivity index (χ0n) is 21.8. The Morgan fingerprint density at radius 1 is 0.615 bits per heavy atom. The molecule has 7 aromatic rings. The highest BCUT2D eigenvalue weighted by Crippen LogP contribution is 2.40. The van der Waals surface area contributed by atoms with Gasteiger partial charge in [-0.1, -0.05) is 102 Å². The quantitative estimate of drug-likeness (QED) is 0.162. The van der Waals surface area contributed by atoms with Gasteiger partial charge in [0, 0.05) is 32.1 Å². The second kappa shape index (κ2) is 7.68. The molecule has 3 heteroatoms. The zero-order valence-corrected chi connectivity index (χ0v) is 22.6. The maximum absolute atomic E-state index is 2.51. The fourth-order valence-corrected chi connectivity index (χ4v) is 8.41. The van der Waals surface area contributed by atoms with Crippen molar-refractivity contribution in [2.75, 3.05) is 0 Å². The van der Waals surface area contributed by atoms with Gasteiger partial charge in [0.25, 0.3) is 0 Å². The molecule has 9 rings (SSSR count). The van der Waals surface area contributed by atoms with Crippen LogP contribution < -0.4 is 16.4 Å². The fourth-order valence-electron chi connectivity index (χ4n) is 7.20. The molecule has 3 heterocycles. The molecule has 0 saturated heterocycles. The molecule has 0 atom stereocenters. The lowest BCUT2D eigenvalue weighted by molar-refractivity contribution is 1.04. The Balaban J connectivity index is 1.31. The van der Waals surface area contributed by atoms with Crippen molar-refractivity contribution < 1.29 is 0 Å². The predicted octanol–water partition coefficient (Wildman–Crippen LogP) is 7.51. The largest absolute Gasteiger partial charge is 0.315 e. The van der Waals surface area contributed by atoms with E-state index in [4.69, 9.17) is 0 Å². The van der Waals surface area contributed by atoms with E-state index < -0.39 is 0 Å². The summed E-state index contributed by atoms with van der Waals surface area (Å²) in [5.74, 6) is 0. The third kappa shape index (κ3) is 2.78. The van der Waals surface area contributed by atoms with Crippen LogP contribution in [0.1, 0.15) is 11.3 Å². The fraction of sp³-hybridized carbons (Fsp3) is 0.0556. The topological polar surface area (TPSA) is 4.93 Å². The van der Waals surface area contributed by atoms with Crippen molar-refractivity contribution in [3.05, 3.63) is 120 Å². The van der Waals surface area contributed by atoms with Crippen LogP contribution in [0.5, 0.6) is 0 Å². The van der Waals surface area contributed by atoms with Crippen LogP contribution >= 0.6 is 11.8 Å². The van der Waals surface area contributed by atoms with Crippen molar-refractivity contribution in [2.24, 2.45) is 0 Å². The molecule has 1 aromatic heterocycles. The van der Waals surface area contributed by atoms with Crippen molar-refractivity contribution in [3.8, 4) is 16.8 Å². The summed E-state index contributed by atoms with van der Waals surface area (Å²) in [4.78, 5) is 2.74. The molecule has 39 heavy (non-hydrogen) atoms. The first-order chi connectivity index (χ1) is 19.2. The van der Waals surface area contributed by atoms with E-state index >= 15 is 0 Å². The van der Waals surface area contributed by atoms with E-state index in [1.165, 1.54) is 86.7 Å². The molecule has 2 aliphatic rings. The van der Waals surface area contributed by atoms with E-state index in [1.807, 2.05) is 11.8 Å². The van der Waals surface area contributed by atoms with E-state index in [2.05, 4.69) is 128 Å². The summed E-state index contributed by atoms with van der Waals surface area (Å²) < 4.78 is 2.51. The van der Waals surface area contributed by atoms with Gasteiger partial charge in [-0.15, -0.1) is 0 Å². The Hall–Kier alpha value is -4.21. The molecule has 1 nitrogen and oxygen atoms in total. The lowest BCUT2D eigenvalue weighted by Crippen LogP contribution is -2.58. The van der Waals surface area contributed by atoms with Crippen molar-refractivity contribution in [1.82, 2.24) is 4.57 Å². The smallest absolute Gasteiger partial charge is 0.249 e. The third-order valence-electron chi connectivity index (χ3n) is 9.08. The Morgan fingerprint density at radius 2 is 1.38 bits per heavy atom. The molecule has 0 radical (unpaired) electrons. The molecular weight excluding hydrogens is 489 g/mol. The Bertz CT molecular complexity index is 2190. The minimum atomic E-state index is 0.250. The molecule has 0 saturated carbocycles. The third-order valence-corrected chi connectivity index (χ3v) is 10.2. The normalized spacial score (nSPS) is 13.2. The van der Waals surface area contributed by atoms with E-state index in [9.17, 15) is 0 Å². The highest BCUT2D eigenvalue weighted by atomic mass is 32.2. The second-order valence-electron chi connectivity index (χ2n) is 11.0. The van der Waals surface area contributed by atoms with Crippen molar-refractivity contribution in [3.63, 3.8) is 0 Å². The van der Waals surface area contributed by atoms with Gasteiger partial charge in [0.1, 0.15) is 0 Å². The summed E-state index contributed by atoms with van der Waals surface area (Å²) in [5, 5.41) is 6.61. The van der Waals surface area contributed by atoms with Crippen molar-refractivity contribution in [1.29, 1.82) is 0 Å². The first-order valence-electron chi connectivity index (χ1n) is 13.7. The standard InChI is InChI=1S/C36H24BNS/c1-21-22(2)38-32-15-8-16-33-35(32)37(31-14-7-13-25(21)36(31)38)30-18-17-24(20-34(30)39-33)29-19-23-9-3-4-10-26(23)27-11-5-6-12-28(27)29/h3-20H,1-2H3. The Morgan fingerprint density at radius 3 is 2.28 bits per heavy atom. The number of para-hydroxylation sites is 1. The summed E-state index contributed by atoms with van der Waals surface area (Å²) in [6, 6.07) is 40.9. The van der Waals surface area contributed by atoms with Gasteiger partial charge in [-0.2, -0.15) is 0 Å². The summed E-state index contributed by atoms with van der Waals surface area (Å²) in [7, 11) is 0. The zero-order chi connectivity index (χ0) is 25.8. The highest BCUT2D eigenvalue weighted by Gasteiger charge is 2.39. The molecule has 0 aliphatic carbocycles. The molecule has 0 bridgehead atoms. The number of benzene rings is 6. The van der Waals surface area contributed by atoms with E-state index in [-0.39, 0.29) is 6.71 Å². The van der Waals surface area contributed by atoms with Gasteiger partial charge in [0.2, 0.25) is 6.71 Å². The van der Waals surface area contributed by atoms with Gasteiger partial charge in [0.15, 0.2) is 0 Å². The maximum atomic E-state index is 2.51. The highest BCUT2D eigenvalue weighted by molar-refractivity contribution is 8.00. The summed E-state index contributed by atoms with van der Waals surface area (Å²) in [5.41, 5.74) is 12.3. The summed E-state index contributed by atoms with van der Waals surface area (Å²) in [6.45, 7) is 4.78. The average Bonchev–Trinajstić information content (AvgIpc) is 3.24. The molecule has 0 spiro atoms. The van der Waals surface area contributed by atoms with Crippen LogP contribution in [0.4, 0.5) is 0 Å². The van der Waals surface area contributed by atoms with Gasteiger partial charge in [-0.05, 0) is 87.3 Å². The monoisotopic (exact) mass is 513 g/mol. The average molecular weight is 513 g/mol. The second-order valence-corrected chi connectivity index (χ2v) is 12.0. The molecule has 6 aromatic carbocycles. The van der Waals surface area contributed by atoms with Crippen molar-refractivity contribution in [2.45, 2.75) is 23.6 Å². The first kappa shape index (κ1) is 21.7. The van der Waals surface area contributed by atoms with Gasteiger partial charge < -0.3 is 4.57 Å². The Labute approximate surface area is 232 Å². The van der Waals surface area contributed by atoms with Crippen LogP contribution in [0.2, 0.25) is 0 Å². The summed E-state index contributed by atoms with van der Waals surface area (Å²) in [6.07, 6.45) is 0. The van der Waals surface area contributed by atoms with Crippen LogP contribution in [0.3, 0.4) is 0 Å². The minimum Gasteiger partial charge on any atom is -0.315 e. The van der Waals surface area contributed by atoms with E-state index in [0.717, 1.165) is 0 Å². The van der Waals surface area contributed by atoms with Gasteiger partial charge in [-0.25, -0.2) is 0 Å². The molecule has 0 unspecified atom stereocenters. The lowest BCUT2D eigenvalue weighted by atomic mass is 9.35. The number of fused-ring (bicyclic) bond motifs is 7. The number of nitrogens with zero attached hydrogens (tertiary/aromatic N) is 1. The first-order valence-corrected chi connectivity index (χ1v) is 14.5. The number of aryl methyl sites for hydroxylation is 1. The predicted molar refractivity (Wildman–Crippen MR) is 168 cm³/mol. The molecule has 0 fully saturated rings. The van der Waals surface area contributed by atoms with Crippen molar-refractivity contribution >= 4 is 67.3 Å². The molecule has 0 amide bonds. The van der Waals surface area contributed by atoms with E-state index in [1.54, 1.807) is 0 Å². The van der Waals surface area contributed by atoms with Crippen LogP contribution in [-0.4, -0.2) is 11.3 Å². The van der Waals surface area contributed by atoms with Gasteiger partial charge in [-0.3, -0.25) is 0 Å². The molecule has 2 aliphatic heterocycles. The summed E-state index contributed by atoms with van der Waals surface area (Å²) >= 11 is 1.93. The number of hydrogen-bond donors (Lipinski definition) is 0. The van der Waals surface area contributed by atoms with E-state index in [0.29, 0.717) is 0 Å². The molecular formula is C36H24BNS. The van der Waals surface area contributed by atoms with Gasteiger partial charge in [0.05, 0.1) is 0 Å². The van der Waals surface area contributed by atoms with Crippen LogP contribution in [0, 0.1) is 13.8 Å². The number of hydrogen-bond acceptors (Lipinski definition) is 1. The van der Waals surface area contributed by atoms with Crippen LogP contribution in [0.15, 0.2) is 119 Å². The molecule has 182 valence electrons. The van der Waals surface area contributed by atoms with Crippen LogP contribution in [-0.2, 0) is 0 Å². The van der Waals surface area contributed by atoms with Crippen LogP contribution in [0.25, 0.3) is 49.3 Å². The lowest BCUT2D eigenvalue weighted by Gasteiger charge is -2.33. The number of rotatable bonds is 1. The Kier molecular flexibility index (Phi) is 4.27. The number of aromatic nitrogens is 1.